The molecule has 1 aromatic heterocycles. The zero-order chi connectivity index (χ0) is 13.3. The van der Waals surface area contributed by atoms with Gasteiger partial charge in [0, 0.05) is 17.3 Å². The molecule has 3 atom stereocenters. The van der Waals surface area contributed by atoms with Crippen molar-refractivity contribution >= 4 is 27.5 Å². The van der Waals surface area contributed by atoms with Gasteiger partial charge in [-0.25, -0.2) is 0 Å². The van der Waals surface area contributed by atoms with Crippen LogP contribution in [0.5, 0.6) is 0 Å². The highest BCUT2D eigenvalue weighted by atomic mass is 79.9. The van der Waals surface area contributed by atoms with Crippen molar-refractivity contribution in [1.82, 2.24) is 14.7 Å². The maximum atomic E-state index is 6.34. The lowest BCUT2D eigenvalue weighted by atomic mass is 9.94. The molecule has 1 aromatic rings. The van der Waals surface area contributed by atoms with E-state index >= 15 is 0 Å². The molecule has 18 heavy (non-hydrogen) atoms. The van der Waals surface area contributed by atoms with E-state index in [9.17, 15) is 0 Å². The van der Waals surface area contributed by atoms with E-state index in [1.165, 1.54) is 18.5 Å². The van der Waals surface area contributed by atoms with E-state index in [0.717, 1.165) is 18.1 Å². The Morgan fingerprint density at radius 1 is 1.50 bits per heavy atom. The van der Waals surface area contributed by atoms with Gasteiger partial charge < -0.3 is 4.90 Å². The molecule has 3 nitrogen and oxygen atoms in total. The summed E-state index contributed by atoms with van der Waals surface area (Å²) in [4.78, 5) is 2.78. The molecule has 1 fully saturated rings. The molecule has 1 aliphatic rings. The van der Waals surface area contributed by atoms with Crippen molar-refractivity contribution in [3.05, 3.63) is 16.9 Å². The van der Waals surface area contributed by atoms with E-state index in [4.69, 9.17) is 11.6 Å². The standard InChI is InChI=1S/C13H21BrClN3/c1-9-10(4-5-11(9)14)13-12(15)8-16-18(13)7-6-17(2)3/h8-11H,4-7H2,1-3H3. The van der Waals surface area contributed by atoms with Gasteiger partial charge in [0.2, 0.25) is 0 Å². The molecule has 0 bridgehead atoms. The second kappa shape index (κ2) is 5.93. The first-order valence-electron chi connectivity index (χ1n) is 6.50. The van der Waals surface area contributed by atoms with Gasteiger partial charge in [-0.3, -0.25) is 4.68 Å². The number of rotatable bonds is 4. The van der Waals surface area contributed by atoms with Crippen LogP contribution < -0.4 is 0 Å². The van der Waals surface area contributed by atoms with Crippen molar-refractivity contribution in [1.29, 1.82) is 0 Å². The second-order valence-electron chi connectivity index (χ2n) is 5.46. The number of hydrogen-bond acceptors (Lipinski definition) is 2. The average molecular weight is 335 g/mol. The van der Waals surface area contributed by atoms with E-state index in [-0.39, 0.29) is 0 Å². The Morgan fingerprint density at radius 3 is 2.78 bits per heavy atom. The summed E-state index contributed by atoms with van der Waals surface area (Å²) in [7, 11) is 4.16. The number of likely N-dealkylation sites (N-methyl/N-ethyl adjacent to an activating group) is 1. The minimum Gasteiger partial charge on any atom is -0.308 e. The third kappa shape index (κ3) is 2.91. The summed E-state index contributed by atoms with van der Waals surface area (Å²) >= 11 is 10.1. The quantitative estimate of drug-likeness (QED) is 0.787. The third-order valence-electron chi connectivity index (χ3n) is 3.90. The summed E-state index contributed by atoms with van der Waals surface area (Å²) in [6.45, 7) is 4.20. The van der Waals surface area contributed by atoms with E-state index in [1.54, 1.807) is 6.20 Å². The summed E-state index contributed by atoms with van der Waals surface area (Å²) in [5.41, 5.74) is 1.23. The second-order valence-corrected chi connectivity index (χ2v) is 7.05. The summed E-state index contributed by atoms with van der Waals surface area (Å²) in [5, 5.41) is 5.26. The van der Waals surface area contributed by atoms with Crippen LogP contribution in [0, 0.1) is 5.92 Å². The summed E-state index contributed by atoms with van der Waals surface area (Å²) in [6.07, 6.45) is 4.21. The van der Waals surface area contributed by atoms with Crippen molar-refractivity contribution in [2.75, 3.05) is 20.6 Å². The fraction of sp³-hybridized carbons (Fsp3) is 0.769. The molecule has 1 aliphatic carbocycles. The Balaban J connectivity index is 2.18. The van der Waals surface area contributed by atoms with Crippen LogP contribution in [0.3, 0.4) is 0 Å². The topological polar surface area (TPSA) is 21.1 Å². The molecule has 0 saturated heterocycles. The highest BCUT2D eigenvalue weighted by Gasteiger charge is 2.35. The lowest BCUT2D eigenvalue weighted by molar-refractivity contribution is 0.362. The molecule has 0 amide bonds. The van der Waals surface area contributed by atoms with Gasteiger partial charge in [-0.05, 0) is 32.9 Å². The maximum absolute atomic E-state index is 6.34. The molecule has 1 saturated carbocycles. The van der Waals surface area contributed by atoms with Gasteiger partial charge in [0.25, 0.3) is 0 Å². The van der Waals surface area contributed by atoms with Crippen LogP contribution in [0.2, 0.25) is 5.02 Å². The Hall–Kier alpha value is -0.0600. The summed E-state index contributed by atoms with van der Waals surface area (Å²) in [5.74, 6) is 1.16. The highest BCUT2D eigenvalue weighted by Crippen LogP contribution is 2.44. The number of alkyl halides is 1. The molecule has 2 rings (SSSR count). The molecule has 0 N–H and O–H groups in total. The Morgan fingerprint density at radius 2 is 2.22 bits per heavy atom. The zero-order valence-electron chi connectivity index (χ0n) is 11.2. The third-order valence-corrected chi connectivity index (χ3v) is 5.49. The van der Waals surface area contributed by atoms with Crippen LogP contribution >= 0.6 is 27.5 Å². The van der Waals surface area contributed by atoms with Crippen molar-refractivity contribution < 1.29 is 0 Å². The van der Waals surface area contributed by atoms with Crippen LogP contribution in [-0.2, 0) is 6.54 Å². The van der Waals surface area contributed by atoms with Crippen molar-refractivity contribution in [2.45, 2.75) is 37.1 Å². The zero-order valence-corrected chi connectivity index (χ0v) is 13.6. The molecule has 0 spiro atoms. The van der Waals surface area contributed by atoms with Crippen LogP contribution in [0.25, 0.3) is 0 Å². The molecule has 0 radical (unpaired) electrons. The number of nitrogens with zero attached hydrogens (tertiary/aromatic N) is 3. The van der Waals surface area contributed by atoms with Gasteiger partial charge in [0.1, 0.15) is 0 Å². The van der Waals surface area contributed by atoms with Crippen LogP contribution in [0.4, 0.5) is 0 Å². The molecule has 5 heteroatoms. The predicted molar refractivity (Wildman–Crippen MR) is 79.6 cm³/mol. The first kappa shape index (κ1) is 14.4. The Kier molecular flexibility index (Phi) is 4.73. The number of halogens is 2. The summed E-state index contributed by atoms with van der Waals surface area (Å²) in [6, 6.07) is 0. The first-order chi connectivity index (χ1) is 8.50. The Bertz CT molecular complexity index is 405. The first-order valence-corrected chi connectivity index (χ1v) is 7.80. The molecule has 1 heterocycles. The fourth-order valence-corrected chi connectivity index (χ4v) is 3.63. The normalized spacial score (nSPS) is 28.2. The summed E-state index contributed by atoms with van der Waals surface area (Å²) < 4.78 is 2.09. The monoisotopic (exact) mass is 333 g/mol. The molecule has 0 aromatic carbocycles. The smallest absolute Gasteiger partial charge is 0.0820 e. The van der Waals surface area contributed by atoms with Gasteiger partial charge in [-0.15, -0.1) is 0 Å². The largest absolute Gasteiger partial charge is 0.308 e. The number of aromatic nitrogens is 2. The van der Waals surface area contributed by atoms with Crippen LogP contribution in [-0.4, -0.2) is 40.1 Å². The van der Waals surface area contributed by atoms with Gasteiger partial charge in [-0.1, -0.05) is 34.5 Å². The van der Waals surface area contributed by atoms with E-state index in [1.807, 2.05) is 0 Å². The van der Waals surface area contributed by atoms with Crippen LogP contribution in [0.15, 0.2) is 6.20 Å². The van der Waals surface area contributed by atoms with Gasteiger partial charge in [0.05, 0.1) is 23.5 Å². The van der Waals surface area contributed by atoms with Gasteiger partial charge in [0.15, 0.2) is 0 Å². The SMILES string of the molecule is CC1C(Br)CCC1c1c(Cl)cnn1CCN(C)C. The van der Waals surface area contributed by atoms with Gasteiger partial charge in [-0.2, -0.15) is 5.10 Å². The predicted octanol–water partition coefficient (Wildman–Crippen LogP) is 3.38. The lowest BCUT2D eigenvalue weighted by Gasteiger charge is -2.20. The van der Waals surface area contributed by atoms with E-state index < -0.39 is 0 Å². The number of hydrogen-bond donors (Lipinski definition) is 0. The van der Waals surface area contributed by atoms with Crippen molar-refractivity contribution in [3.8, 4) is 0 Å². The van der Waals surface area contributed by atoms with E-state index in [0.29, 0.717) is 16.7 Å². The minimum atomic E-state index is 0.534. The Labute approximate surface area is 123 Å². The molecular weight excluding hydrogens is 314 g/mol. The molecule has 3 unspecified atom stereocenters. The molecular formula is C13H21BrClN3. The fourth-order valence-electron chi connectivity index (χ4n) is 2.72. The molecule has 0 aliphatic heterocycles. The van der Waals surface area contributed by atoms with E-state index in [2.05, 4.69) is 51.6 Å². The molecule has 102 valence electrons. The van der Waals surface area contributed by atoms with Crippen molar-refractivity contribution in [2.24, 2.45) is 5.92 Å². The van der Waals surface area contributed by atoms with Crippen molar-refractivity contribution in [3.63, 3.8) is 0 Å². The maximum Gasteiger partial charge on any atom is 0.0820 e. The van der Waals surface area contributed by atoms with Crippen LogP contribution in [0.1, 0.15) is 31.4 Å². The minimum absolute atomic E-state index is 0.534. The highest BCUT2D eigenvalue weighted by molar-refractivity contribution is 9.09. The van der Waals surface area contributed by atoms with Gasteiger partial charge >= 0.3 is 0 Å². The average Bonchev–Trinajstić information content (AvgIpc) is 2.82. The lowest BCUT2D eigenvalue weighted by Crippen LogP contribution is -2.22.